The summed E-state index contributed by atoms with van der Waals surface area (Å²) in [7, 11) is 1.72. The summed E-state index contributed by atoms with van der Waals surface area (Å²) < 4.78 is 5.09. The van der Waals surface area contributed by atoms with Crippen molar-refractivity contribution in [3.8, 4) is 0 Å². The zero-order valence-corrected chi connectivity index (χ0v) is 11.9. The Morgan fingerprint density at radius 3 is 2.26 bits per heavy atom. The Morgan fingerprint density at radius 2 is 1.79 bits per heavy atom. The predicted molar refractivity (Wildman–Crippen MR) is 73.5 cm³/mol. The fourth-order valence-corrected chi connectivity index (χ4v) is 5.22. The SMILES string of the molecule is COCCCNC1(C(N)=O)C2CC3CC(C2)CC1C3. The van der Waals surface area contributed by atoms with Crippen LogP contribution in [-0.4, -0.2) is 31.7 Å². The maximum absolute atomic E-state index is 12.2. The molecule has 0 unspecified atom stereocenters. The van der Waals surface area contributed by atoms with Crippen LogP contribution in [0, 0.1) is 23.7 Å². The standard InChI is InChI=1S/C15H26N2O2/c1-19-4-2-3-17-15(14(16)18)12-6-10-5-11(8-12)9-13(15)7-10/h10-13,17H,2-9H2,1H3,(H2,16,18). The van der Waals surface area contributed by atoms with Crippen LogP contribution >= 0.6 is 0 Å². The highest BCUT2D eigenvalue weighted by atomic mass is 16.5. The van der Waals surface area contributed by atoms with Crippen LogP contribution in [0.25, 0.3) is 0 Å². The van der Waals surface area contributed by atoms with E-state index >= 15 is 0 Å². The van der Waals surface area contributed by atoms with Gasteiger partial charge in [0.15, 0.2) is 0 Å². The molecule has 0 radical (unpaired) electrons. The van der Waals surface area contributed by atoms with E-state index in [1.165, 1.54) is 32.1 Å². The summed E-state index contributed by atoms with van der Waals surface area (Å²) in [6.07, 6.45) is 7.14. The van der Waals surface area contributed by atoms with Crippen molar-refractivity contribution in [3.05, 3.63) is 0 Å². The van der Waals surface area contributed by atoms with Crippen molar-refractivity contribution < 1.29 is 9.53 Å². The van der Waals surface area contributed by atoms with Crippen LogP contribution in [0.1, 0.15) is 38.5 Å². The molecule has 4 heteroatoms. The molecule has 0 aromatic carbocycles. The van der Waals surface area contributed by atoms with E-state index in [9.17, 15) is 4.79 Å². The van der Waals surface area contributed by atoms with Gasteiger partial charge in [-0.3, -0.25) is 4.79 Å². The first-order valence-electron chi connectivity index (χ1n) is 7.70. The lowest BCUT2D eigenvalue weighted by atomic mass is 9.48. The molecule has 4 nitrogen and oxygen atoms in total. The first-order chi connectivity index (χ1) is 9.16. The predicted octanol–water partition coefficient (Wildman–Crippen LogP) is 1.29. The number of carbonyl (C=O) groups excluding carboxylic acids is 1. The minimum atomic E-state index is -0.416. The second-order valence-electron chi connectivity index (χ2n) is 6.81. The van der Waals surface area contributed by atoms with E-state index in [0.717, 1.165) is 31.4 Å². The number of nitrogens with one attached hydrogen (secondary N) is 1. The first kappa shape index (κ1) is 13.4. The minimum Gasteiger partial charge on any atom is -0.385 e. The van der Waals surface area contributed by atoms with Crippen molar-refractivity contribution in [2.75, 3.05) is 20.3 Å². The third-order valence-corrected chi connectivity index (χ3v) is 5.78. The zero-order valence-electron chi connectivity index (χ0n) is 11.9. The molecule has 4 bridgehead atoms. The van der Waals surface area contributed by atoms with Crippen LogP contribution in [0.2, 0.25) is 0 Å². The smallest absolute Gasteiger partial charge is 0.238 e. The third kappa shape index (κ3) is 2.09. The summed E-state index contributed by atoms with van der Waals surface area (Å²) in [6.45, 7) is 1.57. The van der Waals surface area contributed by atoms with Crippen LogP contribution < -0.4 is 11.1 Å². The van der Waals surface area contributed by atoms with Crippen LogP contribution in [0.4, 0.5) is 0 Å². The molecular formula is C15H26N2O2. The van der Waals surface area contributed by atoms with Gasteiger partial charge in [0.2, 0.25) is 5.91 Å². The Morgan fingerprint density at radius 1 is 1.21 bits per heavy atom. The lowest BCUT2D eigenvalue weighted by molar-refractivity contribution is -0.143. The highest BCUT2D eigenvalue weighted by Crippen LogP contribution is 2.58. The molecule has 0 heterocycles. The molecule has 0 atom stereocenters. The van der Waals surface area contributed by atoms with Crippen molar-refractivity contribution in [1.82, 2.24) is 5.32 Å². The first-order valence-corrected chi connectivity index (χ1v) is 7.70. The number of rotatable bonds is 6. The molecule has 0 spiro atoms. The van der Waals surface area contributed by atoms with Crippen LogP contribution in [0.3, 0.4) is 0 Å². The summed E-state index contributed by atoms with van der Waals surface area (Å²) in [4.78, 5) is 12.2. The summed E-state index contributed by atoms with van der Waals surface area (Å²) in [5.41, 5.74) is 5.42. The third-order valence-electron chi connectivity index (χ3n) is 5.78. The van der Waals surface area contributed by atoms with Crippen molar-refractivity contribution in [1.29, 1.82) is 0 Å². The quantitative estimate of drug-likeness (QED) is 0.712. The van der Waals surface area contributed by atoms with Gasteiger partial charge in [0.1, 0.15) is 5.54 Å². The Balaban J connectivity index is 1.75. The summed E-state index contributed by atoms with van der Waals surface area (Å²) in [6, 6.07) is 0. The Labute approximate surface area is 115 Å². The molecule has 4 aliphatic rings. The average Bonchev–Trinajstić information content (AvgIpc) is 2.36. The Kier molecular flexibility index (Phi) is 3.56. The highest BCUT2D eigenvalue weighted by Gasteiger charge is 2.59. The largest absolute Gasteiger partial charge is 0.385 e. The average molecular weight is 266 g/mol. The van der Waals surface area contributed by atoms with Gasteiger partial charge >= 0.3 is 0 Å². The second kappa shape index (κ2) is 5.06. The van der Waals surface area contributed by atoms with E-state index in [-0.39, 0.29) is 5.91 Å². The summed E-state index contributed by atoms with van der Waals surface area (Å²) in [5, 5.41) is 3.56. The van der Waals surface area contributed by atoms with E-state index in [1.54, 1.807) is 7.11 Å². The van der Waals surface area contributed by atoms with Crippen LogP contribution in [0.5, 0.6) is 0 Å². The van der Waals surface area contributed by atoms with E-state index in [1.807, 2.05) is 0 Å². The summed E-state index contributed by atoms with van der Waals surface area (Å²) in [5.74, 6) is 2.55. The van der Waals surface area contributed by atoms with Gasteiger partial charge in [-0.15, -0.1) is 0 Å². The molecule has 0 saturated heterocycles. The maximum atomic E-state index is 12.2. The second-order valence-corrected chi connectivity index (χ2v) is 6.81. The lowest BCUT2D eigenvalue weighted by Crippen LogP contribution is -2.70. The van der Waals surface area contributed by atoms with Crippen molar-refractivity contribution >= 4 is 5.91 Å². The molecule has 1 amide bonds. The molecule has 4 fully saturated rings. The molecule has 0 aliphatic heterocycles. The molecule has 0 aromatic rings. The number of primary amides is 1. The topological polar surface area (TPSA) is 64.3 Å². The highest BCUT2D eigenvalue weighted by molar-refractivity contribution is 5.86. The van der Waals surface area contributed by atoms with Crippen LogP contribution in [-0.2, 0) is 9.53 Å². The Bertz CT molecular complexity index is 328. The van der Waals surface area contributed by atoms with Gasteiger partial charge in [-0.2, -0.15) is 0 Å². The zero-order chi connectivity index (χ0) is 13.5. The van der Waals surface area contributed by atoms with Gasteiger partial charge in [0.05, 0.1) is 0 Å². The number of ether oxygens (including phenoxy) is 1. The van der Waals surface area contributed by atoms with Gasteiger partial charge < -0.3 is 15.8 Å². The van der Waals surface area contributed by atoms with Crippen LogP contribution in [0.15, 0.2) is 0 Å². The fraction of sp³-hybridized carbons (Fsp3) is 0.933. The monoisotopic (exact) mass is 266 g/mol. The number of amides is 1. The molecule has 108 valence electrons. The van der Waals surface area contributed by atoms with E-state index < -0.39 is 5.54 Å². The summed E-state index contributed by atoms with van der Waals surface area (Å²) >= 11 is 0. The molecule has 3 N–H and O–H groups in total. The Hall–Kier alpha value is -0.610. The molecule has 4 saturated carbocycles. The molecule has 4 rings (SSSR count). The minimum absolute atomic E-state index is 0.112. The number of nitrogens with two attached hydrogens (primary N) is 1. The fourth-order valence-electron chi connectivity index (χ4n) is 5.22. The van der Waals surface area contributed by atoms with Gasteiger partial charge in [0, 0.05) is 13.7 Å². The van der Waals surface area contributed by atoms with E-state index in [4.69, 9.17) is 10.5 Å². The van der Waals surface area contributed by atoms with Gasteiger partial charge in [-0.1, -0.05) is 0 Å². The molecular weight excluding hydrogens is 240 g/mol. The lowest BCUT2D eigenvalue weighted by Gasteiger charge is -2.60. The molecule has 4 aliphatic carbocycles. The van der Waals surface area contributed by atoms with Crippen molar-refractivity contribution in [3.63, 3.8) is 0 Å². The van der Waals surface area contributed by atoms with Gasteiger partial charge in [-0.05, 0) is 68.7 Å². The van der Waals surface area contributed by atoms with Gasteiger partial charge in [-0.25, -0.2) is 0 Å². The van der Waals surface area contributed by atoms with E-state index in [0.29, 0.717) is 11.8 Å². The number of hydrogen-bond acceptors (Lipinski definition) is 3. The number of carbonyl (C=O) groups is 1. The number of hydrogen-bond donors (Lipinski definition) is 2. The maximum Gasteiger partial charge on any atom is 0.238 e. The molecule has 19 heavy (non-hydrogen) atoms. The molecule has 0 aromatic heterocycles. The normalized spacial score (nSPS) is 43.6. The van der Waals surface area contributed by atoms with Crippen molar-refractivity contribution in [2.24, 2.45) is 29.4 Å². The van der Waals surface area contributed by atoms with Gasteiger partial charge in [0.25, 0.3) is 0 Å². The number of methoxy groups -OCH3 is 1. The van der Waals surface area contributed by atoms with E-state index in [2.05, 4.69) is 5.32 Å². The van der Waals surface area contributed by atoms with Crippen molar-refractivity contribution in [2.45, 2.75) is 44.1 Å².